The Kier molecular flexibility index (Phi) is 6.24. The van der Waals surface area contributed by atoms with E-state index < -0.39 is 34.9 Å². The average Bonchev–Trinajstić information content (AvgIpc) is 2.48. The second-order valence-electron chi connectivity index (χ2n) is 5.22. The lowest BCUT2D eigenvalue weighted by molar-refractivity contribution is -0.134. The lowest BCUT2D eigenvalue weighted by Crippen LogP contribution is -2.16. The standard InChI is InChI=1S/C16H13Cl2F3O3S/c17-12-5-6-15(18)14(10-12)11-3-1-4-13(9-11)24-25(22,23)8-2-7-16(19,20)21/h1,3-6,9-10H,2,7-8H2. The van der Waals surface area contributed by atoms with Crippen LogP contribution in [0, 0.1) is 0 Å². The molecule has 0 N–H and O–H groups in total. The van der Waals surface area contributed by atoms with E-state index in [0.717, 1.165) is 0 Å². The second-order valence-corrected chi connectivity index (χ2v) is 7.75. The van der Waals surface area contributed by atoms with E-state index in [0.29, 0.717) is 21.2 Å². The molecule has 0 aromatic heterocycles. The van der Waals surface area contributed by atoms with E-state index in [-0.39, 0.29) is 5.75 Å². The summed E-state index contributed by atoms with van der Waals surface area (Å²) in [6.45, 7) is 0. The van der Waals surface area contributed by atoms with Gasteiger partial charge < -0.3 is 4.18 Å². The molecule has 0 atom stereocenters. The minimum Gasteiger partial charge on any atom is -0.382 e. The van der Waals surface area contributed by atoms with Crippen LogP contribution in [0.4, 0.5) is 13.2 Å². The maximum atomic E-state index is 12.1. The summed E-state index contributed by atoms with van der Waals surface area (Å²) in [6.07, 6.45) is -6.15. The molecule has 136 valence electrons. The molecule has 0 unspecified atom stereocenters. The van der Waals surface area contributed by atoms with Crippen LogP contribution in [0.25, 0.3) is 11.1 Å². The Bertz CT molecular complexity index is 852. The molecule has 9 heteroatoms. The van der Waals surface area contributed by atoms with Gasteiger partial charge in [0.1, 0.15) is 5.75 Å². The van der Waals surface area contributed by atoms with Crippen molar-refractivity contribution in [2.45, 2.75) is 19.0 Å². The maximum absolute atomic E-state index is 12.1. The third-order valence-electron chi connectivity index (χ3n) is 3.15. The van der Waals surface area contributed by atoms with E-state index in [1.165, 1.54) is 12.1 Å². The highest BCUT2D eigenvalue weighted by molar-refractivity contribution is 7.87. The van der Waals surface area contributed by atoms with Gasteiger partial charge in [-0.25, -0.2) is 0 Å². The summed E-state index contributed by atoms with van der Waals surface area (Å²) < 4.78 is 64.8. The summed E-state index contributed by atoms with van der Waals surface area (Å²) in [5.74, 6) is -0.741. The number of halogens is 5. The molecule has 2 aromatic carbocycles. The normalized spacial score (nSPS) is 12.2. The zero-order chi connectivity index (χ0) is 18.7. The van der Waals surface area contributed by atoms with Crippen molar-refractivity contribution in [2.24, 2.45) is 0 Å². The van der Waals surface area contributed by atoms with Crippen molar-refractivity contribution in [3.05, 3.63) is 52.5 Å². The molecule has 0 amide bonds. The van der Waals surface area contributed by atoms with Gasteiger partial charge in [0, 0.05) is 22.0 Å². The Balaban J connectivity index is 2.15. The van der Waals surface area contributed by atoms with Gasteiger partial charge in [-0.15, -0.1) is 0 Å². The number of hydrogen-bond acceptors (Lipinski definition) is 3. The Hall–Kier alpha value is -1.44. The van der Waals surface area contributed by atoms with Crippen molar-refractivity contribution < 1.29 is 25.8 Å². The Morgan fingerprint density at radius 1 is 1.04 bits per heavy atom. The molecule has 0 aliphatic carbocycles. The molecule has 2 rings (SSSR count). The molecular formula is C16H13Cl2F3O3S. The van der Waals surface area contributed by atoms with Crippen LogP contribution >= 0.6 is 23.2 Å². The number of rotatable bonds is 6. The van der Waals surface area contributed by atoms with Crippen molar-refractivity contribution in [2.75, 3.05) is 5.75 Å². The largest absolute Gasteiger partial charge is 0.389 e. The van der Waals surface area contributed by atoms with Crippen LogP contribution in [-0.4, -0.2) is 20.3 Å². The van der Waals surface area contributed by atoms with Gasteiger partial charge in [-0.3, -0.25) is 0 Å². The lowest BCUT2D eigenvalue weighted by Gasteiger charge is -2.10. The van der Waals surface area contributed by atoms with Gasteiger partial charge in [-0.1, -0.05) is 35.3 Å². The number of hydrogen-bond donors (Lipinski definition) is 0. The molecule has 0 radical (unpaired) electrons. The molecule has 3 nitrogen and oxygen atoms in total. The quantitative estimate of drug-likeness (QED) is 0.570. The van der Waals surface area contributed by atoms with Crippen LogP contribution in [0.2, 0.25) is 10.0 Å². The molecule has 0 fully saturated rings. The van der Waals surface area contributed by atoms with Crippen molar-refractivity contribution in [3.8, 4) is 16.9 Å². The fraction of sp³-hybridized carbons (Fsp3) is 0.250. The first kappa shape index (κ1) is 19.9. The summed E-state index contributed by atoms with van der Waals surface area (Å²) in [5, 5.41) is 0.861. The van der Waals surface area contributed by atoms with Crippen LogP contribution in [0.3, 0.4) is 0 Å². The van der Waals surface area contributed by atoms with E-state index in [4.69, 9.17) is 27.4 Å². The molecule has 0 aliphatic heterocycles. The second kappa shape index (κ2) is 7.85. The maximum Gasteiger partial charge on any atom is 0.389 e. The van der Waals surface area contributed by atoms with Crippen molar-refractivity contribution in [3.63, 3.8) is 0 Å². The monoisotopic (exact) mass is 412 g/mol. The van der Waals surface area contributed by atoms with Gasteiger partial charge in [0.25, 0.3) is 0 Å². The van der Waals surface area contributed by atoms with Gasteiger partial charge >= 0.3 is 16.3 Å². The Morgan fingerprint density at radius 2 is 1.76 bits per heavy atom. The average molecular weight is 413 g/mol. The molecule has 0 aliphatic rings. The molecule has 0 bridgehead atoms. The molecule has 0 saturated carbocycles. The third-order valence-corrected chi connectivity index (χ3v) is 4.95. The van der Waals surface area contributed by atoms with Crippen LogP contribution in [-0.2, 0) is 10.1 Å². The van der Waals surface area contributed by atoms with Gasteiger partial charge in [0.15, 0.2) is 0 Å². The zero-order valence-electron chi connectivity index (χ0n) is 12.7. The molecule has 2 aromatic rings. The summed E-state index contributed by atoms with van der Waals surface area (Å²) in [7, 11) is -4.13. The van der Waals surface area contributed by atoms with E-state index in [1.807, 2.05) is 0 Å². The molecular weight excluding hydrogens is 400 g/mol. The first-order valence-electron chi connectivity index (χ1n) is 7.10. The molecule has 0 heterocycles. The third kappa shape index (κ3) is 6.41. The summed E-state index contributed by atoms with van der Waals surface area (Å²) in [6, 6.07) is 10.9. The highest BCUT2D eigenvalue weighted by Crippen LogP contribution is 2.32. The van der Waals surface area contributed by atoms with E-state index >= 15 is 0 Å². The predicted molar refractivity (Wildman–Crippen MR) is 91.6 cm³/mol. The molecule has 0 spiro atoms. The van der Waals surface area contributed by atoms with Gasteiger partial charge in [0.05, 0.1) is 5.75 Å². The summed E-state index contributed by atoms with van der Waals surface area (Å²) in [5.41, 5.74) is 1.14. The van der Waals surface area contributed by atoms with Crippen LogP contribution in [0.5, 0.6) is 5.75 Å². The fourth-order valence-electron chi connectivity index (χ4n) is 2.07. The molecule has 0 saturated heterocycles. The SMILES string of the molecule is O=S(=O)(CCCC(F)(F)F)Oc1cccc(-c2cc(Cl)ccc2Cl)c1. The highest BCUT2D eigenvalue weighted by Gasteiger charge is 2.27. The van der Waals surface area contributed by atoms with Gasteiger partial charge in [-0.2, -0.15) is 21.6 Å². The Labute approximate surface area is 153 Å². The van der Waals surface area contributed by atoms with E-state index in [9.17, 15) is 21.6 Å². The van der Waals surface area contributed by atoms with Gasteiger partial charge in [0.2, 0.25) is 0 Å². The smallest absolute Gasteiger partial charge is 0.382 e. The lowest BCUT2D eigenvalue weighted by atomic mass is 10.1. The zero-order valence-corrected chi connectivity index (χ0v) is 15.0. The number of alkyl halides is 3. The highest BCUT2D eigenvalue weighted by atomic mass is 35.5. The van der Waals surface area contributed by atoms with Crippen molar-refractivity contribution in [1.29, 1.82) is 0 Å². The fourth-order valence-corrected chi connectivity index (χ4v) is 3.45. The minimum atomic E-state index is -4.40. The van der Waals surface area contributed by atoms with Crippen LogP contribution in [0.1, 0.15) is 12.8 Å². The van der Waals surface area contributed by atoms with Crippen LogP contribution in [0.15, 0.2) is 42.5 Å². The topological polar surface area (TPSA) is 43.4 Å². The summed E-state index contributed by atoms with van der Waals surface area (Å²) >= 11 is 12.0. The first-order chi connectivity index (χ1) is 11.6. The van der Waals surface area contributed by atoms with Crippen molar-refractivity contribution >= 4 is 33.3 Å². The summed E-state index contributed by atoms with van der Waals surface area (Å²) in [4.78, 5) is 0. The van der Waals surface area contributed by atoms with Gasteiger partial charge in [-0.05, 0) is 42.3 Å². The van der Waals surface area contributed by atoms with E-state index in [1.54, 1.807) is 30.3 Å². The van der Waals surface area contributed by atoms with E-state index in [2.05, 4.69) is 0 Å². The Morgan fingerprint density at radius 3 is 2.44 bits per heavy atom. The predicted octanol–water partition coefficient (Wildman–Crippen LogP) is 5.71. The number of benzene rings is 2. The molecule has 25 heavy (non-hydrogen) atoms. The van der Waals surface area contributed by atoms with Crippen LogP contribution < -0.4 is 4.18 Å². The first-order valence-corrected chi connectivity index (χ1v) is 9.43. The van der Waals surface area contributed by atoms with Crippen molar-refractivity contribution in [1.82, 2.24) is 0 Å². The minimum absolute atomic E-state index is 0.0134.